The standard InChI is InChI=1S/C15H22FNO2/c1-11(17)14-10-12(16)6-7-15(14)19-9-3-5-13-4-2-8-18-13/h6-7,10-11,13H,2-5,8-9,17H2,1H3/t11-,13?/m1/s1. The normalized spacial score (nSPS) is 20.5. The highest BCUT2D eigenvalue weighted by Crippen LogP contribution is 2.25. The molecule has 3 nitrogen and oxygen atoms in total. The minimum absolute atomic E-state index is 0.233. The maximum Gasteiger partial charge on any atom is 0.124 e. The zero-order chi connectivity index (χ0) is 13.7. The molecule has 1 unspecified atom stereocenters. The summed E-state index contributed by atoms with van der Waals surface area (Å²) in [6, 6.07) is 4.27. The SMILES string of the molecule is C[C@@H](N)c1cc(F)ccc1OCCCC1CCCO1. The highest BCUT2D eigenvalue weighted by Gasteiger charge is 2.15. The maximum atomic E-state index is 13.2. The van der Waals surface area contributed by atoms with Crippen LogP contribution >= 0.6 is 0 Å². The Kier molecular flexibility index (Phi) is 5.16. The number of hydrogen-bond donors (Lipinski definition) is 1. The van der Waals surface area contributed by atoms with Gasteiger partial charge in [-0.05, 0) is 50.8 Å². The number of hydrogen-bond acceptors (Lipinski definition) is 3. The molecule has 1 aliphatic heterocycles. The largest absolute Gasteiger partial charge is 0.493 e. The second-order valence-corrected chi connectivity index (χ2v) is 5.10. The van der Waals surface area contributed by atoms with Crippen molar-refractivity contribution in [1.29, 1.82) is 0 Å². The monoisotopic (exact) mass is 267 g/mol. The van der Waals surface area contributed by atoms with E-state index in [9.17, 15) is 4.39 Å². The average Bonchev–Trinajstić information content (AvgIpc) is 2.89. The van der Waals surface area contributed by atoms with Crippen molar-refractivity contribution in [3.8, 4) is 5.75 Å². The summed E-state index contributed by atoms with van der Waals surface area (Å²) in [6.07, 6.45) is 4.68. The van der Waals surface area contributed by atoms with Gasteiger partial charge in [0, 0.05) is 18.2 Å². The van der Waals surface area contributed by atoms with E-state index in [4.69, 9.17) is 15.2 Å². The molecule has 19 heavy (non-hydrogen) atoms. The highest BCUT2D eigenvalue weighted by atomic mass is 19.1. The average molecular weight is 267 g/mol. The van der Waals surface area contributed by atoms with Gasteiger partial charge in [0.1, 0.15) is 11.6 Å². The first-order chi connectivity index (χ1) is 9.16. The van der Waals surface area contributed by atoms with E-state index in [1.165, 1.54) is 18.6 Å². The zero-order valence-electron chi connectivity index (χ0n) is 11.4. The van der Waals surface area contributed by atoms with E-state index in [1.54, 1.807) is 6.07 Å². The van der Waals surface area contributed by atoms with Crippen molar-refractivity contribution < 1.29 is 13.9 Å². The van der Waals surface area contributed by atoms with Gasteiger partial charge in [-0.3, -0.25) is 0 Å². The molecule has 2 N–H and O–H groups in total. The molecular weight excluding hydrogens is 245 g/mol. The summed E-state index contributed by atoms with van der Waals surface area (Å²) in [5.41, 5.74) is 6.54. The molecule has 0 aromatic heterocycles. The van der Waals surface area contributed by atoms with Gasteiger partial charge in [0.05, 0.1) is 12.7 Å². The third-order valence-corrected chi connectivity index (χ3v) is 3.41. The van der Waals surface area contributed by atoms with Crippen LogP contribution in [0.3, 0.4) is 0 Å². The smallest absolute Gasteiger partial charge is 0.124 e. The van der Waals surface area contributed by atoms with Crippen molar-refractivity contribution in [3.05, 3.63) is 29.6 Å². The second-order valence-electron chi connectivity index (χ2n) is 5.10. The Bertz CT molecular complexity index is 403. The summed E-state index contributed by atoms with van der Waals surface area (Å²) in [7, 11) is 0. The van der Waals surface area contributed by atoms with E-state index < -0.39 is 0 Å². The summed E-state index contributed by atoms with van der Waals surface area (Å²) >= 11 is 0. The minimum Gasteiger partial charge on any atom is -0.493 e. The molecule has 1 aliphatic rings. The first-order valence-electron chi connectivity index (χ1n) is 6.96. The zero-order valence-corrected chi connectivity index (χ0v) is 11.4. The van der Waals surface area contributed by atoms with E-state index in [1.807, 2.05) is 6.92 Å². The molecule has 0 amide bonds. The lowest BCUT2D eigenvalue weighted by Crippen LogP contribution is -2.11. The van der Waals surface area contributed by atoms with Crippen LogP contribution in [0.25, 0.3) is 0 Å². The summed E-state index contributed by atoms with van der Waals surface area (Å²) in [4.78, 5) is 0. The lowest BCUT2D eigenvalue weighted by molar-refractivity contribution is 0.0980. The molecule has 2 atom stereocenters. The van der Waals surface area contributed by atoms with Crippen LogP contribution in [-0.2, 0) is 4.74 Å². The van der Waals surface area contributed by atoms with Gasteiger partial charge in [-0.1, -0.05) is 0 Å². The van der Waals surface area contributed by atoms with Gasteiger partial charge in [0.2, 0.25) is 0 Å². The van der Waals surface area contributed by atoms with E-state index >= 15 is 0 Å². The fourth-order valence-corrected chi connectivity index (χ4v) is 2.37. The van der Waals surface area contributed by atoms with Crippen molar-refractivity contribution in [2.45, 2.75) is 44.8 Å². The molecule has 0 radical (unpaired) electrons. The molecule has 1 heterocycles. The summed E-state index contributed by atoms with van der Waals surface area (Å²) in [5.74, 6) is 0.405. The molecule has 1 fully saturated rings. The first-order valence-corrected chi connectivity index (χ1v) is 6.96. The first kappa shape index (κ1) is 14.3. The second kappa shape index (κ2) is 6.87. The molecule has 1 saturated heterocycles. The summed E-state index contributed by atoms with van der Waals surface area (Å²) < 4.78 is 24.4. The van der Waals surface area contributed by atoms with Gasteiger partial charge in [0.15, 0.2) is 0 Å². The van der Waals surface area contributed by atoms with Crippen LogP contribution < -0.4 is 10.5 Å². The Hall–Kier alpha value is -1.13. The van der Waals surface area contributed by atoms with Crippen LogP contribution in [0.5, 0.6) is 5.75 Å². The van der Waals surface area contributed by atoms with Crippen LogP contribution in [-0.4, -0.2) is 19.3 Å². The van der Waals surface area contributed by atoms with Gasteiger partial charge in [-0.2, -0.15) is 0 Å². The predicted molar refractivity (Wildman–Crippen MR) is 72.7 cm³/mol. The van der Waals surface area contributed by atoms with Crippen LogP contribution in [0.1, 0.15) is 44.2 Å². The van der Waals surface area contributed by atoms with E-state index in [-0.39, 0.29) is 11.9 Å². The molecular formula is C15H22FNO2. The predicted octanol–water partition coefficient (Wildman–Crippen LogP) is 3.18. The van der Waals surface area contributed by atoms with Crippen molar-refractivity contribution in [1.82, 2.24) is 0 Å². The number of halogens is 1. The summed E-state index contributed by atoms with van der Waals surface area (Å²) in [5, 5.41) is 0. The van der Waals surface area contributed by atoms with E-state index in [0.717, 1.165) is 31.4 Å². The van der Waals surface area contributed by atoms with E-state index in [0.29, 0.717) is 18.5 Å². The Morgan fingerprint density at radius 2 is 2.37 bits per heavy atom. The maximum absolute atomic E-state index is 13.2. The van der Waals surface area contributed by atoms with Crippen LogP contribution in [0.2, 0.25) is 0 Å². The molecule has 1 aromatic carbocycles. The van der Waals surface area contributed by atoms with Crippen molar-refractivity contribution in [2.75, 3.05) is 13.2 Å². The van der Waals surface area contributed by atoms with Gasteiger partial charge in [-0.15, -0.1) is 0 Å². The third-order valence-electron chi connectivity index (χ3n) is 3.41. The minimum atomic E-state index is -0.279. The van der Waals surface area contributed by atoms with Crippen molar-refractivity contribution >= 4 is 0 Å². The number of benzene rings is 1. The molecule has 1 aromatic rings. The third kappa shape index (κ3) is 4.18. The molecule has 0 aliphatic carbocycles. The molecule has 4 heteroatoms. The van der Waals surface area contributed by atoms with Crippen molar-refractivity contribution in [3.63, 3.8) is 0 Å². The molecule has 2 rings (SSSR count). The quantitative estimate of drug-likeness (QED) is 0.805. The van der Waals surface area contributed by atoms with Gasteiger partial charge in [0.25, 0.3) is 0 Å². The van der Waals surface area contributed by atoms with Crippen LogP contribution in [0, 0.1) is 5.82 Å². The van der Waals surface area contributed by atoms with Gasteiger partial charge in [-0.25, -0.2) is 4.39 Å². The highest BCUT2D eigenvalue weighted by molar-refractivity contribution is 5.36. The number of rotatable bonds is 6. The van der Waals surface area contributed by atoms with E-state index in [2.05, 4.69) is 0 Å². The Balaban J connectivity index is 1.81. The molecule has 0 bridgehead atoms. The molecule has 106 valence electrons. The number of ether oxygens (including phenoxy) is 2. The Morgan fingerprint density at radius 3 is 3.05 bits per heavy atom. The van der Waals surface area contributed by atoms with Crippen molar-refractivity contribution in [2.24, 2.45) is 5.73 Å². The van der Waals surface area contributed by atoms with Gasteiger partial charge < -0.3 is 15.2 Å². The fourth-order valence-electron chi connectivity index (χ4n) is 2.37. The van der Waals surface area contributed by atoms with Crippen LogP contribution in [0.15, 0.2) is 18.2 Å². The Morgan fingerprint density at radius 1 is 1.53 bits per heavy atom. The van der Waals surface area contributed by atoms with Crippen LogP contribution in [0.4, 0.5) is 4.39 Å². The lowest BCUT2D eigenvalue weighted by Gasteiger charge is -2.15. The molecule has 0 saturated carbocycles. The summed E-state index contributed by atoms with van der Waals surface area (Å²) in [6.45, 7) is 3.33. The lowest BCUT2D eigenvalue weighted by atomic mass is 10.1. The Labute approximate surface area is 113 Å². The topological polar surface area (TPSA) is 44.5 Å². The fraction of sp³-hybridized carbons (Fsp3) is 0.600. The van der Waals surface area contributed by atoms with Gasteiger partial charge >= 0.3 is 0 Å². The number of nitrogens with two attached hydrogens (primary N) is 1. The molecule has 0 spiro atoms.